The lowest BCUT2D eigenvalue weighted by Crippen LogP contribution is -2.10. The lowest BCUT2D eigenvalue weighted by atomic mass is 10.1. The Hall–Kier alpha value is -1.31. The van der Waals surface area contributed by atoms with Crippen LogP contribution in [0.5, 0.6) is 0 Å². The molecule has 1 aromatic rings. The van der Waals surface area contributed by atoms with Crippen molar-refractivity contribution in [2.24, 2.45) is 0 Å². The van der Waals surface area contributed by atoms with E-state index in [1.54, 1.807) is 0 Å². The maximum absolute atomic E-state index is 10.5. The van der Waals surface area contributed by atoms with Crippen LogP contribution in [0.3, 0.4) is 0 Å². The van der Waals surface area contributed by atoms with Gasteiger partial charge in [0.2, 0.25) is 0 Å². The van der Waals surface area contributed by atoms with Gasteiger partial charge in [-0.1, -0.05) is 0 Å². The Morgan fingerprint density at radius 1 is 1.38 bits per heavy atom. The number of aldehydes is 1. The largest absolute Gasteiger partial charge is 0.383 e. The molecule has 0 spiro atoms. The second-order valence-corrected chi connectivity index (χ2v) is 3.49. The third-order valence-corrected chi connectivity index (χ3v) is 1.83. The number of hydrogen-bond acceptors (Lipinski definition) is 2. The van der Waals surface area contributed by atoms with E-state index < -0.39 is 0 Å². The van der Waals surface area contributed by atoms with Gasteiger partial charge in [0, 0.05) is 17.3 Å². The van der Waals surface area contributed by atoms with E-state index in [4.69, 9.17) is 0 Å². The van der Waals surface area contributed by atoms with Gasteiger partial charge in [-0.2, -0.15) is 0 Å². The molecule has 0 bridgehead atoms. The van der Waals surface area contributed by atoms with Crippen LogP contribution in [-0.2, 0) is 0 Å². The number of hydrogen-bond donors (Lipinski definition) is 1. The number of aryl methyl sites for hydroxylation is 1. The third kappa shape index (κ3) is 2.58. The summed E-state index contributed by atoms with van der Waals surface area (Å²) < 4.78 is 0. The summed E-state index contributed by atoms with van der Waals surface area (Å²) in [6.45, 7) is 6.18. The summed E-state index contributed by atoms with van der Waals surface area (Å²) in [7, 11) is 0. The zero-order valence-corrected chi connectivity index (χ0v) is 8.29. The van der Waals surface area contributed by atoms with Crippen molar-refractivity contribution in [2.45, 2.75) is 26.8 Å². The molecular formula is C11H15NO. The van der Waals surface area contributed by atoms with E-state index >= 15 is 0 Å². The van der Waals surface area contributed by atoms with Crippen molar-refractivity contribution in [3.05, 3.63) is 29.3 Å². The third-order valence-electron chi connectivity index (χ3n) is 1.83. The van der Waals surface area contributed by atoms with Crippen LogP contribution < -0.4 is 5.32 Å². The normalized spacial score (nSPS) is 10.2. The molecule has 1 aromatic carbocycles. The summed E-state index contributed by atoms with van der Waals surface area (Å²) in [5.74, 6) is 0. The van der Waals surface area contributed by atoms with E-state index in [0.29, 0.717) is 6.04 Å². The Kier molecular flexibility index (Phi) is 3.07. The van der Waals surface area contributed by atoms with Crippen LogP contribution in [0.15, 0.2) is 18.2 Å². The van der Waals surface area contributed by atoms with Crippen LogP contribution in [0.4, 0.5) is 5.69 Å². The first-order valence-electron chi connectivity index (χ1n) is 4.46. The van der Waals surface area contributed by atoms with Crippen LogP contribution >= 0.6 is 0 Å². The number of rotatable bonds is 3. The van der Waals surface area contributed by atoms with Gasteiger partial charge in [-0.25, -0.2) is 0 Å². The number of nitrogens with one attached hydrogen (secondary N) is 1. The van der Waals surface area contributed by atoms with Gasteiger partial charge in [-0.05, 0) is 44.5 Å². The smallest absolute Gasteiger partial charge is 0.150 e. The van der Waals surface area contributed by atoms with Gasteiger partial charge in [0.15, 0.2) is 0 Å². The van der Waals surface area contributed by atoms with Crippen LogP contribution in [0, 0.1) is 6.92 Å². The van der Waals surface area contributed by atoms with Crippen molar-refractivity contribution in [3.8, 4) is 0 Å². The zero-order valence-electron chi connectivity index (χ0n) is 8.29. The summed E-state index contributed by atoms with van der Waals surface area (Å²) in [5, 5.41) is 3.31. The molecular weight excluding hydrogens is 162 g/mol. The molecule has 0 heterocycles. The quantitative estimate of drug-likeness (QED) is 0.719. The predicted molar refractivity (Wildman–Crippen MR) is 55.3 cm³/mol. The summed E-state index contributed by atoms with van der Waals surface area (Å²) in [6, 6.07) is 6.07. The van der Waals surface area contributed by atoms with Crippen molar-refractivity contribution < 1.29 is 4.79 Å². The molecule has 2 heteroatoms. The maximum Gasteiger partial charge on any atom is 0.150 e. The Morgan fingerprint density at radius 3 is 2.54 bits per heavy atom. The highest BCUT2D eigenvalue weighted by atomic mass is 16.1. The molecule has 0 radical (unpaired) electrons. The summed E-state index contributed by atoms with van der Waals surface area (Å²) in [4.78, 5) is 10.5. The molecule has 0 atom stereocenters. The molecule has 1 N–H and O–H groups in total. The van der Waals surface area contributed by atoms with Gasteiger partial charge in [0.25, 0.3) is 0 Å². The standard InChI is InChI=1S/C11H15NO/c1-8(2)12-11-5-4-10(7-13)6-9(11)3/h4-8,12H,1-3H3. The van der Waals surface area contributed by atoms with E-state index in [0.717, 1.165) is 23.1 Å². The molecule has 2 nitrogen and oxygen atoms in total. The molecule has 0 saturated carbocycles. The molecule has 0 aromatic heterocycles. The average molecular weight is 177 g/mol. The summed E-state index contributed by atoms with van der Waals surface area (Å²) in [5.41, 5.74) is 2.94. The van der Waals surface area contributed by atoms with Crippen molar-refractivity contribution in [1.82, 2.24) is 0 Å². The predicted octanol–water partition coefficient (Wildman–Crippen LogP) is 2.63. The topological polar surface area (TPSA) is 29.1 Å². The molecule has 0 aliphatic rings. The lowest BCUT2D eigenvalue weighted by Gasteiger charge is -2.12. The molecule has 0 amide bonds. The van der Waals surface area contributed by atoms with Crippen LogP contribution in [0.25, 0.3) is 0 Å². The van der Waals surface area contributed by atoms with Crippen LogP contribution in [-0.4, -0.2) is 12.3 Å². The second-order valence-electron chi connectivity index (χ2n) is 3.49. The highest BCUT2D eigenvalue weighted by Gasteiger charge is 2.00. The van der Waals surface area contributed by atoms with Gasteiger partial charge in [-0.3, -0.25) is 4.79 Å². The molecule has 13 heavy (non-hydrogen) atoms. The van der Waals surface area contributed by atoms with E-state index in [1.807, 2.05) is 25.1 Å². The zero-order chi connectivity index (χ0) is 9.84. The fourth-order valence-electron chi connectivity index (χ4n) is 1.23. The van der Waals surface area contributed by atoms with Crippen LogP contribution in [0.1, 0.15) is 29.8 Å². The van der Waals surface area contributed by atoms with E-state index in [-0.39, 0.29) is 0 Å². The fraction of sp³-hybridized carbons (Fsp3) is 0.364. The average Bonchev–Trinajstić information content (AvgIpc) is 2.08. The van der Waals surface area contributed by atoms with Crippen molar-refractivity contribution in [2.75, 3.05) is 5.32 Å². The molecule has 1 rings (SSSR count). The van der Waals surface area contributed by atoms with E-state index in [9.17, 15) is 4.79 Å². The SMILES string of the molecule is Cc1cc(C=O)ccc1NC(C)C. The van der Waals surface area contributed by atoms with Crippen molar-refractivity contribution in [3.63, 3.8) is 0 Å². The summed E-state index contributed by atoms with van der Waals surface area (Å²) in [6.07, 6.45) is 0.867. The first kappa shape index (κ1) is 9.78. The van der Waals surface area contributed by atoms with Crippen molar-refractivity contribution in [1.29, 1.82) is 0 Å². The van der Waals surface area contributed by atoms with Gasteiger partial charge in [0.1, 0.15) is 6.29 Å². The Balaban J connectivity index is 2.91. The number of carbonyl (C=O) groups is 1. The highest BCUT2D eigenvalue weighted by molar-refractivity contribution is 5.76. The molecule has 0 aliphatic heterocycles. The molecule has 70 valence electrons. The minimum atomic E-state index is 0.417. The first-order chi connectivity index (χ1) is 6.13. The van der Waals surface area contributed by atoms with Gasteiger partial charge >= 0.3 is 0 Å². The second kappa shape index (κ2) is 4.08. The van der Waals surface area contributed by atoms with Gasteiger partial charge in [0.05, 0.1) is 0 Å². The van der Waals surface area contributed by atoms with E-state index in [1.165, 1.54) is 0 Å². The fourth-order valence-corrected chi connectivity index (χ4v) is 1.23. The van der Waals surface area contributed by atoms with Crippen molar-refractivity contribution >= 4 is 12.0 Å². The molecule has 0 saturated heterocycles. The van der Waals surface area contributed by atoms with Crippen LogP contribution in [0.2, 0.25) is 0 Å². The minimum absolute atomic E-state index is 0.417. The number of anilines is 1. The summed E-state index contributed by atoms with van der Waals surface area (Å²) >= 11 is 0. The Bertz CT molecular complexity index is 305. The van der Waals surface area contributed by atoms with Gasteiger partial charge < -0.3 is 5.32 Å². The monoisotopic (exact) mass is 177 g/mol. The Labute approximate surface area is 79.0 Å². The molecule has 0 fully saturated rings. The van der Waals surface area contributed by atoms with Gasteiger partial charge in [-0.15, -0.1) is 0 Å². The first-order valence-corrected chi connectivity index (χ1v) is 4.46. The number of benzene rings is 1. The number of carbonyl (C=O) groups excluding carboxylic acids is 1. The minimum Gasteiger partial charge on any atom is -0.383 e. The maximum atomic E-state index is 10.5. The lowest BCUT2D eigenvalue weighted by molar-refractivity contribution is 0.112. The Morgan fingerprint density at radius 2 is 2.08 bits per heavy atom. The molecule has 0 unspecified atom stereocenters. The highest BCUT2D eigenvalue weighted by Crippen LogP contribution is 2.16. The van der Waals surface area contributed by atoms with E-state index in [2.05, 4.69) is 19.2 Å². The molecule has 0 aliphatic carbocycles.